The highest BCUT2D eigenvalue weighted by Crippen LogP contribution is 2.14. The van der Waals surface area contributed by atoms with Gasteiger partial charge >= 0.3 is 0 Å². The summed E-state index contributed by atoms with van der Waals surface area (Å²) in [5.41, 5.74) is 1.25. The third-order valence-electron chi connectivity index (χ3n) is 5.20. The smallest absolute Gasteiger partial charge is 0.261 e. The Hall–Kier alpha value is -3.70. The van der Waals surface area contributed by atoms with Crippen LogP contribution < -0.4 is 10.6 Å². The van der Waals surface area contributed by atoms with Gasteiger partial charge in [0.05, 0.1) is 39.6 Å². The molecule has 0 spiro atoms. The Morgan fingerprint density at radius 2 is 0.947 bits per heavy atom. The van der Waals surface area contributed by atoms with Crippen LogP contribution in [-0.4, -0.2) is 76.9 Å². The van der Waals surface area contributed by atoms with E-state index >= 15 is 0 Å². The molecule has 38 heavy (non-hydrogen) atoms. The Bertz CT molecular complexity index is 948. The summed E-state index contributed by atoms with van der Waals surface area (Å²) in [7, 11) is 0. The summed E-state index contributed by atoms with van der Waals surface area (Å²) in [6, 6.07) is 18.0. The Morgan fingerprint density at radius 1 is 0.579 bits per heavy atom. The largest absolute Gasteiger partial charge is 0.493 e. The molecule has 0 radical (unpaired) electrons. The molecule has 0 unspecified atom stereocenters. The SMILES string of the molecule is C=C1OCCOCCO[C@@H](C(=O)Nc2ccccc2)C(=C)OCCOCCO[C@H]1C(=O)Nc1ccccc1. The van der Waals surface area contributed by atoms with Gasteiger partial charge in [-0.15, -0.1) is 0 Å². The first-order chi connectivity index (χ1) is 18.5. The maximum atomic E-state index is 12.8. The standard InChI is InChI=1S/C28H34N2O8/c1-21-25(27(31)29-23-9-5-3-6-10-23)37-19-15-34-14-18-36-22(2)26(38-20-16-33-13-17-35-21)28(32)30-24-11-7-4-8-12-24/h3-12,25-26H,1-2,13-20H2,(H,29,31)(H,30,32)/t25-,26-/m1/s1. The third kappa shape index (κ3) is 9.98. The minimum atomic E-state index is -1.04. The van der Waals surface area contributed by atoms with E-state index in [2.05, 4.69) is 23.8 Å². The van der Waals surface area contributed by atoms with Crippen molar-refractivity contribution in [3.63, 3.8) is 0 Å². The van der Waals surface area contributed by atoms with Gasteiger partial charge in [-0.1, -0.05) is 49.6 Å². The second-order valence-electron chi connectivity index (χ2n) is 8.07. The maximum absolute atomic E-state index is 12.8. The number of benzene rings is 2. The molecule has 0 bridgehead atoms. The van der Waals surface area contributed by atoms with Crippen LogP contribution >= 0.6 is 0 Å². The number of rotatable bonds is 4. The van der Waals surface area contributed by atoms with E-state index in [9.17, 15) is 9.59 Å². The van der Waals surface area contributed by atoms with E-state index in [1.54, 1.807) is 24.3 Å². The Kier molecular flexibility index (Phi) is 12.3. The van der Waals surface area contributed by atoms with Crippen LogP contribution in [0.15, 0.2) is 85.3 Å². The highest BCUT2D eigenvalue weighted by Gasteiger charge is 2.26. The molecule has 2 aromatic rings. The van der Waals surface area contributed by atoms with Gasteiger partial charge in [-0.25, -0.2) is 0 Å². The van der Waals surface area contributed by atoms with Crippen molar-refractivity contribution in [2.75, 3.05) is 63.5 Å². The van der Waals surface area contributed by atoms with Gasteiger partial charge in [-0.2, -0.15) is 0 Å². The fourth-order valence-electron chi connectivity index (χ4n) is 3.36. The van der Waals surface area contributed by atoms with Gasteiger partial charge in [0, 0.05) is 11.4 Å². The summed E-state index contributed by atoms with van der Waals surface area (Å²) in [6.45, 7) is 9.01. The number of hydrogen-bond donors (Lipinski definition) is 2. The first kappa shape index (κ1) is 28.9. The summed E-state index contributed by atoms with van der Waals surface area (Å²) < 4.78 is 33.8. The molecular weight excluding hydrogens is 492 g/mol. The molecular formula is C28H34N2O8. The molecule has 2 amide bonds. The van der Waals surface area contributed by atoms with Gasteiger partial charge in [0.1, 0.15) is 24.7 Å². The average Bonchev–Trinajstić information content (AvgIpc) is 2.92. The predicted molar refractivity (Wildman–Crippen MR) is 141 cm³/mol. The van der Waals surface area contributed by atoms with E-state index in [0.717, 1.165) is 0 Å². The molecule has 0 aromatic heterocycles. The molecule has 0 saturated carbocycles. The molecule has 1 saturated heterocycles. The predicted octanol–water partition coefficient (Wildman–Crippen LogP) is 3.14. The Labute approximate surface area is 222 Å². The molecule has 1 fully saturated rings. The van der Waals surface area contributed by atoms with Crippen molar-refractivity contribution < 1.29 is 38.0 Å². The van der Waals surface area contributed by atoms with Crippen LogP contribution in [0.2, 0.25) is 0 Å². The van der Waals surface area contributed by atoms with Crippen LogP contribution in [-0.2, 0) is 38.0 Å². The van der Waals surface area contributed by atoms with Crippen molar-refractivity contribution in [3.8, 4) is 0 Å². The molecule has 3 rings (SSSR count). The monoisotopic (exact) mass is 526 g/mol. The highest BCUT2D eigenvalue weighted by atomic mass is 16.6. The quantitative estimate of drug-likeness (QED) is 0.625. The second-order valence-corrected chi connectivity index (χ2v) is 8.07. The summed E-state index contributed by atoms with van der Waals surface area (Å²) in [5, 5.41) is 5.58. The lowest BCUT2D eigenvalue weighted by molar-refractivity contribution is -0.131. The minimum Gasteiger partial charge on any atom is -0.493 e. The first-order valence-electron chi connectivity index (χ1n) is 12.3. The number of para-hydroxylation sites is 2. The summed E-state index contributed by atoms with van der Waals surface area (Å²) >= 11 is 0. The van der Waals surface area contributed by atoms with Crippen LogP contribution in [0.3, 0.4) is 0 Å². The van der Waals surface area contributed by atoms with E-state index in [1.807, 2.05) is 36.4 Å². The molecule has 1 aliphatic heterocycles. The third-order valence-corrected chi connectivity index (χ3v) is 5.20. The van der Waals surface area contributed by atoms with Crippen molar-refractivity contribution >= 4 is 23.2 Å². The summed E-state index contributed by atoms with van der Waals surface area (Å²) in [5.74, 6) is -0.526. The number of nitrogens with one attached hydrogen (secondary N) is 2. The van der Waals surface area contributed by atoms with E-state index < -0.39 is 24.0 Å². The molecule has 204 valence electrons. The molecule has 2 N–H and O–H groups in total. The Balaban J connectivity index is 1.54. The van der Waals surface area contributed by atoms with Crippen LogP contribution in [0.1, 0.15) is 0 Å². The molecule has 2 atom stereocenters. The number of hydrogen-bond acceptors (Lipinski definition) is 8. The lowest BCUT2D eigenvalue weighted by atomic mass is 10.2. The van der Waals surface area contributed by atoms with E-state index in [-0.39, 0.29) is 64.4 Å². The minimum absolute atomic E-state index is 0.109. The highest BCUT2D eigenvalue weighted by molar-refractivity contribution is 5.96. The maximum Gasteiger partial charge on any atom is 0.261 e. The number of anilines is 2. The van der Waals surface area contributed by atoms with Crippen molar-refractivity contribution in [2.24, 2.45) is 0 Å². The van der Waals surface area contributed by atoms with Gasteiger partial charge in [0.15, 0.2) is 12.2 Å². The molecule has 1 aliphatic rings. The lowest BCUT2D eigenvalue weighted by Gasteiger charge is -2.22. The summed E-state index contributed by atoms with van der Waals surface area (Å²) in [4.78, 5) is 25.6. The van der Waals surface area contributed by atoms with Crippen LogP contribution in [0, 0.1) is 0 Å². The Morgan fingerprint density at radius 3 is 1.34 bits per heavy atom. The number of amides is 2. The zero-order valence-corrected chi connectivity index (χ0v) is 21.3. The van der Waals surface area contributed by atoms with Crippen LogP contribution in [0.5, 0.6) is 0 Å². The van der Waals surface area contributed by atoms with Crippen LogP contribution in [0.4, 0.5) is 11.4 Å². The lowest BCUT2D eigenvalue weighted by Crippen LogP contribution is -2.35. The average molecular weight is 527 g/mol. The molecule has 10 heteroatoms. The van der Waals surface area contributed by atoms with Gasteiger partial charge < -0.3 is 39.1 Å². The zero-order chi connectivity index (χ0) is 27.0. The van der Waals surface area contributed by atoms with Crippen LogP contribution in [0.25, 0.3) is 0 Å². The van der Waals surface area contributed by atoms with Crippen molar-refractivity contribution in [1.82, 2.24) is 0 Å². The first-order valence-corrected chi connectivity index (χ1v) is 12.3. The molecule has 0 aliphatic carbocycles. The van der Waals surface area contributed by atoms with E-state index in [4.69, 9.17) is 28.4 Å². The molecule has 10 nitrogen and oxygen atoms in total. The summed E-state index contributed by atoms with van der Waals surface area (Å²) in [6.07, 6.45) is -2.08. The van der Waals surface area contributed by atoms with Gasteiger partial charge in [-0.3, -0.25) is 9.59 Å². The normalized spacial score (nSPS) is 20.6. The number of ether oxygens (including phenoxy) is 6. The number of carbonyl (C=O) groups excluding carboxylic acids is 2. The number of carbonyl (C=O) groups is 2. The van der Waals surface area contributed by atoms with Crippen molar-refractivity contribution in [3.05, 3.63) is 85.3 Å². The van der Waals surface area contributed by atoms with Gasteiger partial charge in [0.2, 0.25) is 0 Å². The van der Waals surface area contributed by atoms with Gasteiger partial charge in [0.25, 0.3) is 11.8 Å². The van der Waals surface area contributed by atoms with E-state index in [1.165, 1.54) is 0 Å². The van der Waals surface area contributed by atoms with Gasteiger partial charge in [-0.05, 0) is 24.3 Å². The second kappa shape index (κ2) is 16.2. The zero-order valence-electron chi connectivity index (χ0n) is 21.3. The van der Waals surface area contributed by atoms with E-state index in [0.29, 0.717) is 11.4 Å². The molecule has 1 heterocycles. The fraction of sp³-hybridized carbons (Fsp3) is 0.357. The van der Waals surface area contributed by atoms with Crippen molar-refractivity contribution in [1.29, 1.82) is 0 Å². The molecule has 2 aromatic carbocycles. The fourth-order valence-corrected chi connectivity index (χ4v) is 3.36. The topological polar surface area (TPSA) is 114 Å². The van der Waals surface area contributed by atoms with Crippen molar-refractivity contribution in [2.45, 2.75) is 12.2 Å².